The first-order valence-electron chi connectivity index (χ1n) is 3.62. The average molecular weight is 195 g/mol. The molecule has 1 aromatic rings. The molecule has 1 rings (SSSR count). The molecule has 0 spiro atoms. The van der Waals surface area contributed by atoms with Gasteiger partial charge in [-0.05, 0) is 0 Å². The average Bonchev–Trinajstić information content (AvgIpc) is 2.20. The van der Waals surface area contributed by atoms with Crippen LogP contribution in [-0.4, -0.2) is 16.0 Å². The molecule has 0 amide bonds. The quantitative estimate of drug-likeness (QED) is 0.443. The first-order chi connectivity index (χ1) is 6.57. The van der Waals surface area contributed by atoms with Crippen molar-refractivity contribution >= 4 is 11.7 Å². The van der Waals surface area contributed by atoms with Crippen LogP contribution in [0.3, 0.4) is 0 Å². The first-order valence-corrected chi connectivity index (χ1v) is 3.62. The number of nitro benzene ring substituents is 1. The molecule has 0 saturated heterocycles. The largest absolute Gasteiger partial charge is 0.478 e. The second kappa shape index (κ2) is 6.36. The van der Waals surface area contributed by atoms with Crippen LogP contribution in [0.1, 0.15) is 0 Å². The van der Waals surface area contributed by atoms with E-state index in [9.17, 15) is 14.9 Å². The minimum atomic E-state index is -0.981. The lowest BCUT2D eigenvalue weighted by Gasteiger charge is -1.85. The maximum Gasteiger partial charge on any atom is 0.327 e. The Morgan fingerprint density at radius 1 is 1.43 bits per heavy atom. The Hall–Kier alpha value is -2.17. The highest BCUT2D eigenvalue weighted by Gasteiger charge is 1.98. The Bertz CT molecular complexity index is 321. The van der Waals surface area contributed by atoms with Crippen molar-refractivity contribution in [2.24, 2.45) is 0 Å². The standard InChI is InChI=1S/C6H5NO2.C3H4O2/c8-7(9)6-4-2-1-3-5-6;1-2-3(4)5/h1-5H;2H,1H2,(H,4,5). The van der Waals surface area contributed by atoms with Gasteiger partial charge in [0.15, 0.2) is 0 Å². The van der Waals surface area contributed by atoms with Gasteiger partial charge in [-0.3, -0.25) is 10.1 Å². The van der Waals surface area contributed by atoms with Gasteiger partial charge in [0.25, 0.3) is 5.69 Å². The number of non-ortho nitro benzene ring substituents is 1. The molecular weight excluding hydrogens is 186 g/mol. The number of benzene rings is 1. The number of hydrogen-bond donors (Lipinski definition) is 1. The Kier molecular flexibility index (Phi) is 5.37. The summed E-state index contributed by atoms with van der Waals surface area (Å²) < 4.78 is 0. The normalized spacial score (nSPS) is 8.00. The topological polar surface area (TPSA) is 80.4 Å². The second-order valence-electron chi connectivity index (χ2n) is 2.14. The summed E-state index contributed by atoms with van der Waals surface area (Å²) in [6, 6.07) is 7.93. The van der Waals surface area contributed by atoms with Crippen LogP contribution in [0.25, 0.3) is 0 Å². The molecule has 0 unspecified atom stereocenters. The number of aliphatic carboxylic acids is 1. The third-order valence-corrected chi connectivity index (χ3v) is 1.14. The summed E-state index contributed by atoms with van der Waals surface area (Å²) in [7, 11) is 0. The third-order valence-electron chi connectivity index (χ3n) is 1.14. The van der Waals surface area contributed by atoms with E-state index < -0.39 is 10.9 Å². The first kappa shape index (κ1) is 11.8. The molecule has 74 valence electrons. The van der Waals surface area contributed by atoms with E-state index in [-0.39, 0.29) is 5.69 Å². The van der Waals surface area contributed by atoms with Crippen LogP contribution in [-0.2, 0) is 4.79 Å². The molecule has 0 aliphatic heterocycles. The van der Waals surface area contributed by atoms with E-state index in [0.29, 0.717) is 0 Å². The summed E-state index contributed by atoms with van der Waals surface area (Å²) in [5.41, 5.74) is 0.137. The van der Waals surface area contributed by atoms with Crippen molar-refractivity contribution in [3.05, 3.63) is 53.1 Å². The lowest BCUT2D eigenvalue weighted by Crippen LogP contribution is -1.84. The van der Waals surface area contributed by atoms with Crippen LogP contribution in [0.2, 0.25) is 0 Å². The molecule has 1 N–H and O–H groups in total. The summed E-state index contributed by atoms with van der Waals surface area (Å²) in [5.74, 6) is -0.981. The van der Waals surface area contributed by atoms with Crippen molar-refractivity contribution in [3.63, 3.8) is 0 Å². The van der Waals surface area contributed by atoms with E-state index in [0.717, 1.165) is 6.08 Å². The lowest BCUT2D eigenvalue weighted by molar-refractivity contribution is -0.384. The Morgan fingerprint density at radius 3 is 2.07 bits per heavy atom. The van der Waals surface area contributed by atoms with Crippen LogP contribution in [0.15, 0.2) is 43.0 Å². The van der Waals surface area contributed by atoms with Gasteiger partial charge in [0, 0.05) is 18.2 Å². The van der Waals surface area contributed by atoms with Gasteiger partial charge in [0.2, 0.25) is 0 Å². The maximum absolute atomic E-state index is 10.0. The third kappa shape index (κ3) is 5.48. The van der Waals surface area contributed by atoms with Gasteiger partial charge in [0.1, 0.15) is 0 Å². The summed E-state index contributed by atoms with van der Waals surface area (Å²) in [5, 5.41) is 17.6. The summed E-state index contributed by atoms with van der Waals surface area (Å²) in [6.45, 7) is 2.96. The molecule has 0 bridgehead atoms. The van der Waals surface area contributed by atoms with Gasteiger partial charge in [-0.2, -0.15) is 0 Å². The molecule has 5 heteroatoms. The molecule has 0 fully saturated rings. The molecule has 0 atom stereocenters. The van der Waals surface area contributed by atoms with Crippen molar-refractivity contribution < 1.29 is 14.8 Å². The highest BCUT2D eigenvalue weighted by atomic mass is 16.6. The number of para-hydroxylation sites is 1. The maximum atomic E-state index is 10.0. The van der Waals surface area contributed by atoms with Crippen molar-refractivity contribution in [2.75, 3.05) is 0 Å². The molecule has 0 aliphatic rings. The van der Waals surface area contributed by atoms with Crippen LogP contribution in [0.5, 0.6) is 0 Å². The summed E-state index contributed by atoms with van der Waals surface area (Å²) >= 11 is 0. The summed E-state index contributed by atoms with van der Waals surface area (Å²) in [4.78, 5) is 18.8. The molecule has 0 aliphatic carbocycles. The smallest absolute Gasteiger partial charge is 0.327 e. The van der Waals surface area contributed by atoms with Crippen molar-refractivity contribution in [3.8, 4) is 0 Å². The van der Waals surface area contributed by atoms with Gasteiger partial charge >= 0.3 is 5.97 Å². The SMILES string of the molecule is C=CC(=O)O.O=[N+]([O-])c1ccccc1. The molecule has 1 aromatic carbocycles. The van der Waals surface area contributed by atoms with E-state index in [1.54, 1.807) is 18.2 Å². The number of rotatable bonds is 2. The van der Waals surface area contributed by atoms with Crippen LogP contribution < -0.4 is 0 Å². The molecule has 0 saturated carbocycles. The van der Waals surface area contributed by atoms with Gasteiger partial charge in [0.05, 0.1) is 4.92 Å². The zero-order chi connectivity index (χ0) is 11.0. The van der Waals surface area contributed by atoms with Gasteiger partial charge in [-0.1, -0.05) is 24.8 Å². The number of carboxylic acid groups (broad SMARTS) is 1. The number of hydrogen-bond acceptors (Lipinski definition) is 3. The minimum absolute atomic E-state index is 0.137. The predicted octanol–water partition coefficient (Wildman–Crippen LogP) is 1.85. The van der Waals surface area contributed by atoms with E-state index in [2.05, 4.69) is 6.58 Å². The summed E-state index contributed by atoms with van der Waals surface area (Å²) in [6.07, 6.45) is 0.833. The predicted molar refractivity (Wildman–Crippen MR) is 50.9 cm³/mol. The monoisotopic (exact) mass is 195 g/mol. The number of carbonyl (C=O) groups is 1. The Morgan fingerprint density at radius 2 is 1.86 bits per heavy atom. The van der Waals surface area contributed by atoms with E-state index >= 15 is 0 Å². The van der Waals surface area contributed by atoms with Crippen molar-refractivity contribution in [1.29, 1.82) is 0 Å². The molecule has 5 nitrogen and oxygen atoms in total. The lowest BCUT2D eigenvalue weighted by atomic mass is 10.3. The van der Waals surface area contributed by atoms with Crippen LogP contribution in [0, 0.1) is 10.1 Å². The number of nitrogens with zero attached hydrogens (tertiary/aromatic N) is 1. The second-order valence-corrected chi connectivity index (χ2v) is 2.14. The Balaban J connectivity index is 0.000000292. The van der Waals surface area contributed by atoms with Gasteiger partial charge < -0.3 is 5.11 Å². The van der Waals surface area contributed by atoms with Crippen molar-refractivity contribution in [2.45, 2.75) is 0 Å². The zero-order valence-corrected chi connectivity index (χ0v) is 7.29. The molecule has 0 aromatic heterocycles. The highest BCUT2D eigenvalue weighted by molar-refractivity contribution is 5.78. The van der Waals surface area contributed by atoms with Crippen molar-refractivity contribution in [1.82, 2.24) is 0 Å². The van der Waals surface area contributed by atoms with E-state index in [1.807, 2.05) is 0 Å². The zero-order valence-electron chi connectivity index (χ0n) is 7.29. The number of carboxylic acids is 1. The van der Waals surface area contributed by atoms with Gasteiger partial charge in [-0.15, -0.1) is 0 Å². The van der Waals surface area contributed by atoms with Crippen LogP contribution >= 0.6 is 0 Å². The van der Waals surface area contributed by atoms with Crippen LogP contribution in [0.4, 0.5) is 5.69 Å². The van der Waals surface area contributed by atoms with E-state index in [4.69, 9.17) is 5.11 Å². The van der Waals surface area contributed by atoms with E-state index in [1.165, 1.54) is 12.1 Å². The highest BCUT2D eigenvalue weighted by Crippen LogP contribution is 2.06. The fourth-order valence-electron chi connectivity index (χ4n) is 0.550. The molecular formula is C9H9NO4. The fraction of sp³-hybridized carbons (Fsp3) is 0. The minimum Gasteiger partial charge on any atom is -0.478 e. The molecule has 14 heavy (non-hydrogen) atoms. The molecule has 0 radical (unpaired) electrons. The number of nitro groups is 1. The van der Waals surface area contributed by atoms with Gasteiger partial charge in [-0.25, -0.2) is 4.79 Å². The fourth-order valence-corrected chi connectivity index (χ4v) is 0.550. The Labute approximate surface area is 80.5 Å². The molecule has 0 heterocycles.